The lowest BCUT2D eigenvalue weighted by atomic mass is 10.0. The molecule has 1 aliphatic rings. The van der Waals surface area contributed by atoms with Crippen molar-refractivity contribution >= 4 is 55.1 Å². The van der Waals surface area contributed by atoms with Gasteiger partial charge in [0.05, 0.1) is 10.1 Å². The van der Waals surface area contributed by atoms with Gasteiger partial charge in [0.25, 0.3) is 5.91 Å². The second-order valence-corrected chi connectivity index (χ2v) is 10.6. The first-order chi connectivity index (χ1) is 14.2. The number of aromatic nitrogens is 1. The van der Waals surface area contributed by atoms with Crippen molar-refractivity contribution in [3.63, 3.8) is 0 Å². The molecule has 1 aromatic carbocycles. The number of carbonyl (C=O) groups excluding carboxylic acids is 1. The Balaban J connectivity index is 1.55. The molecule has 2 atom stereocenters. The number of aliphatic carboxylic acids is 1. The molecule has 30 heavy (non-hydrogen) atoms. The van der Waals surface area contributed by atoms with Crippen molar-refractivity contribution in [1.82, 2.24) is 15.0 Å². The van der Waals surface area contributed by atoms with Gasteiger partial charge in [0.1, 0.15) is 17.1 Å². The quantitative estimate of drug-likeness (QED) is 0.424. The summed E-state index contributed by atoms with van der Waals surface area (Å²) in [6, 6.07) is 10.4. The molecule has 0 spiro atoms. The summed E-state index contributed by atoms with van der Waals surface area (Å²) in [5.41, 5.74) is 2.16. The van der Waals surface area contributed by atoms with E-state index in [1.807, 2.05) is 24.3 Å². The maximum absolute atomic E-state index is 12.8. The lowest BCUT2D eigenvalue weighted by Gasteiger charge is -2.21. The largest absolute Gasteiger partial charge is 0.480 e. The highest BCUT2D eigenvalue weighted by molar-refractivity contribution is 7.89. The first-order valence-electron chi connectivity index (χ1n) is 9.08. The highest BCUT2D eigenvalue weighted by atomic mass is 35.5. The molecule has 0 fully saturated rings. The van der Waals surface area contributed by atoms with Gasteiger partial charge in [-0.1, -0.05) is 35.9 Å². The third-order valence-corrected chi connectivity index (χ3v) is 7.64. The zero-order valence-electron chi connectivity index (χ0n) is 15.5. The molecule has 0 saturated heterocycles. The van der Waals surface area contributed by atoms with Crippen LogP contribution < -0.4 is 10.0 Å². The summed E-state index contributed by atoms with van der Waals surface area (Å²) >= 11 is 7.30. The monoisotopic (exact) mass is 467 g/mol. The fourth-order valence-electron chi connectivity index (χ4n) is 3.76. The highest BCUT2D eigenvalue weighted by Gasteiger charge is 2.36. The first kappa shape index (κ1) is 20.9. The molecule has 0 bridgehead atoms. The minimum absolute atomic E-state index is 0.322. The van der Waals surface area contributed by atoms with Crippen molar-refractivity contribution in [3.05, 3.63) is 57.6 Å². The zero-order chi connectivity index (χ0) is 21.5. The number of thiophene rings is 1. The van der Waals surface area contributed by atoms with Crippen molar-refractivity contribution in [2.75, 3.05) is 12.3 Å². The number of hydrogen-bond acceptors (Lipinski definition) is 5. The molecule has 0 radical (unpaired) electrons. The summed E-state index contributed by atoms with van der Waals surface area (Å²) in [4.78, 5) is 27.4. The lowest BCUT2D eigenvalue weighted by molar-refractivity contribution is -0.135. The average Bonchev–Trinajstić information content (AvgIpc) is 3.32. The molecule has 3 aromatic rings. The Bertz CT molecular complexity index is 1200. The van der Waals surface area contributed by atoms with Crippen LogP contribution in [0.3, 0.4) is 0 Å². The third kappa shape index (κ3) is 4.36. The maximum Gasteiger partial charge on any atom is 0.318 e. The van der Waals surface area contributed by atoms with E-state index in [2.05, 4.69) is 15.0 Å². The Morgan fingerprint density at radius 2 is 2.03 bits per heavy atom. The minimum atomic E-state index is -3.86. The van der Waals surface area contributed by atoms with Gasteiger partial charge in [-0.05, 0) is 29.7 Å². The van der Waals surface area contributed by atoms with Crippen LogP contribution in [0.2, 0.25) is 4.34 Å². The van der Waals surface area contributed by atoms with Crippen molar-refractivity contribution in [2.24, 2.45) is 0 Å². The van der Waals surface area contributed by atoms with Crippen LogP contribution in [0.4, 0.5) is 0 Å². The number of nitrogens with one attached hydrogen (secondary N) is 3. The van der Waals surface area contributed by atoms with E-state index in [1.54, 1.807) is 12.1 Å². The summed E-state index contributed by atoms with van der Waals surface area (Å²) in [7, 11) is -3.86. The Kier molecular flexibility index (Phi) is 5.58. The fourth-order valence-corrected chi connectivity index (χ4v) is 6.24. The van der Waals surface area contributed by atoms with Crippen LogP contribution in [0.5, 0.6) is 0 Å². The Labute approximate surface area is 181 Å². The van der Waals surface area contributed by atoms with Gasteiger partial charge in [-0.15, -0.1) is 11.3 Å². The van der Waals surface area contributed by atoms with Crippen molar-refractivity contribution in [2.45, 2.75) is 18.4 Å². The van der Waals surface area contributed by atoms with Gasteiger partial charge >= 0.3 is 5.97 Å². The smallest absolute Gasteiger partial charge is 0.318 e. The summed E-state index contributed by atoms with van der Waals surface area (Å²) in [6.07, 6.45) is 0.488. The van der Waals surface area contributed by atoms with Crippen LogP contribution in [0.25, 0.3) is 10.2 Å². The standard InChI is InChI=1S/C19H18ClN3O5S2/c20-16-7-11-6-15(23-19(11)29-16)18(26)22-14-5-10-3-1-2-4-12(10)13(14)9-30(27,28)21-8-17(24)25/h1-4,6-7,13-14,21,23H,5,8-9H2,(H,22,26)(H,24,25)/t13-,14-/m1/s1. The number of halogens is 1. The van der Waals surface area contributed by atoms with E-state index >= 15 is 0 Å². The number of carbonyl (C=O) groups is 2. The number of H-pyrrole nitrogens is 1. The summed E-state index contributed by atoms with van der Waals surface area (Å²) in [5, 5.41) is 12.5. The second-order valence-electron chi connectivity index (χ2n) is 7.10. The Morgan fingerprint density at radius 3 is 2.77 bits per heavy atom. The van der Waals surface area contributed by atoms with Crippen LogP contribution in [0, 0.1) is 0 Å². The number of carboxylic acids is 1. The Morgan fingerprint density at radius 1 is 1.27 bits per heavy atom. The molecule has 0 unspecified atom stereocenters. The van der Waals surface area contributed by atoms with Gasteiger partial charge in [-0.3, -0.25) is 9.59 Å². The molecule has 158 valence electrons. The number of benzene rings is 1. The van der Waals surface area contributed by atoms with Crippen LogP contribution >= 0.6 is 22.9 Å². The van der Waals surface area contributed by atoms with Gasteiger partial charge in [-0.2, -0.15) is 0 Å². The van der Waals surface area contributed by atoms with E-state index in [0.717, 1.165) is 21.3 Å². The van der Waals surface area contributed by atoms with E-state index < -0.39 is 34.5 Å². The van der Waals surface area contributed by atoms with Crippen LogP contribution in [-0.2, 0) is 21.2 Å². The van der Waals surface area contributed by atoms with E-state index in [9.17, 15) is 18.0 Å². The number of fused-ring (bicyclic) bond motifs is 2. The van der Waals surface area contributed by atoms with E-state index in [0.29, 0.717) is 16.5 Å². The van der Waals surface area contributed by atoms with E-state index in [4.69, 9.17) is 16.7 Å². The van der Waals surface area contributed by atoms with E-state index in [1.165, 1.54) is 11.3 Å². The Hall–Kier alpha value is -2.40. The first-order valence-corrected chi connectivity index (χ1v) is 11.9. The average molecular weight is 468 g/mol. The summed E-state index contributed by atoms with van der Waals surface area (Å²) in [6.45, 7) is -0.685. The third-order valence-electron chi connectivity index (χ3n) is 5.06. The molecule has 8 nitrogen and oxygen atoms in total. The molecule has 1 aliphatic carbocycles. The van der Waals surface area contributed by atoms with Gasteiger partial charge in [-0.25, -0.2) is 13.1 Å². The number of rotatable bonds is 7. The normalized spacial score (nSPS) is 18.4. The van der Waals surface area contributed by atoms with Gasteiger partial charge < -0.3 is 15.4 Å². The molecule has 0 saturated carbocycles. The van der Waals surface area contributed by atoms with E-state index in [-0.39, 0.29) is 11.7 Å². The molecule has 2 aromatic heterocycles. The number of amides is 1. The zero-order valence-corrected chi connectivity index (χ0v) is 17.9. The van der Waals surface area contributed by atoms with Crippen molar-refractivity contribution in [1.29, 1.82) is 0 Å². The molecule has 2 heterocycles. The second kappa shape index (κ2) is 8.03. The maximum atomic E-state index is 12.8. The predicted octanol–water partition coefficient (Wildman–Crippen LogP) is 2.33. The molecule has 4 N–H and O–H groups in total. The van der Waals surface area contributed by atoms with Crippen molar-refractivity contribution < 1.29 is 23.1 Å². The highest BCUT2D eigenvalue weighted by Crippen LogP contribution is 2.35. The van der Waals surface area contributed by atoms with Crippen LogP contribution in [0.15, 0.2) is 36.4 Å². The molecular formula is C19H18ClN3O5S2. The van der Waals surface area contributed by atoms with Crippen LogP contribution in [-0.4, -0.2) is 48.7 Å². The molecule has 1 amide bonds. The summed E-state index contributed by atoms with van der Waals surface area (Å²) < 4.78 is 27.5. The molecule has 11 heteroatoms. The number of sulfonamides is 1. The fraction of sp³-hybridized carbons (Fsp3) is 0.263. The lowest BCUT2D eigenvalue weighted by Crippen LogP contribution is -2.42. The van der Waals surface area contributed by atoms with Gasteiger partial charge in [0, 0.05) is 17.3 Å². The molecule has 0 aliphatic heterocycles. The van der Waals surface area contributed by atoms with Crippen molar-refractivity contribution in [3.8, 4) is 0 Å². The SMILES string of the molecule is O=C(O)CNS(=O)(=O)C[C@@H]1c2ccccc2C[C@H]1NC(=O)c1cc2cc(Cl)sc2[nH]1. The van der Waals surface area contributed by atoms with Crippen LogP contribution in [0.1, 0.15) is 27.5 Å². The minimum Gasteiger partial charge on any atom is -0.480 e. The molecular weight excluding hydrogens is 450 g/mol. The number of hydrogen-bond donors (Lipinski definition) is 4. The summed E-state index contributed by atoms with van der Waals surface area (Å²) in [5.74, 6) is -2.42. The number of aromatic amines is 1. The van der Waals surface area contributed by atoms with Gasteiger partial charge in [0.15, 0.2) is 0 Å². The molecule has 4 rings (SSSR count). The number of carboxylic acid groups (broad SMARTS) is 1. The predicted molar refractivity (Wildman–Crippen MR) is 115 cm³/mol. The van der Waals surface area contributed by atoms with Gasteiger partial charge in [0.2, 0.25) is 10.0 Å². The topological polar surface area (TPSA) is 128 Å².